The number of hydrogen-bond acceptors (Lipinski definition) is 2. The molecule has 0 bridgehead atoms. The first-order chi connectivity index (χ1) is 8.24. The van der Waals surface area contributed by atoms with Crippen molar-refractivity contribution in [2.75, 3.05) is 38.2 Å². The van der Waals surface area contributed by atoms with E-state index in [0.717, 1.165) is 24.5 Å². The standard InChI is InChI=1S/C14H26BrNO/c1-13-3-2-7-16(8-4-13)12-14(11-15)5-9-17-10-6-14/h13H,2-12H2,1H3. The van der Waals surface area contributed by atoms with E-state index in [1.54, 1.807) is 0 Å². The molecule has 3 heteroatoms. The third-order valence-corrected chi connectivity index (χ3v) is 5.69. The van der Waals surface area contributed by atoms with Gasteiger partial charge in [0.2, 0.25) is 0 Å². The highest BCUT2D eigenvalue weighted by Crippen LogP contribution is 2.34. The molecule has 2 aliphatic rings. The lowest BCUT2D eigenvalue weighted by atomic mass is 9.82. The van der Waals surface area contributed by atoms with Gasteiger partial charge in [0.1, 0.15) is 0 Å². The molecule has 0 amide bonds. The first-order valence-corrected chi connectivity index (χ1v) is 8.22. The minimum Gasteiger partial charge on any atom is -0.381 e. The molecule has 2 heterocycles. The highest BCUT2D eigenvalue weighted by Gasteiger charge is 2.33. The molecule has 0 aliphatic carbocycles. The second kappa shape index (κ2) is 6.53. The maximum absolute atomic E-state index is 5.52. The van der Waals surface area contributed by atoms with Gasteiger partial charge >= 0.3 is 0 Å². The van der Waals surface area contributed by atoms with E-state index in [1.807, 2.05) is 0 Å². The zero-order chi connectivity index (χ0) is 12.1. The summed E-state index contributed by atoms with van der Waals surface area (Å²) in [7, 11) is 0. The van der Waals surface area contributed by atoms with Crippen LogP contribution in [0.5, 0.6) is 0 Å². The summed E-state index contributed by atoms with van der Waals surface area (Å²) in [5.41, 5.74) is 0.478. The van der Waals surface area contributed by atoms with Crippen LogP contribution in [0, 0.1) is 11.3 Å². The Morgan fingerprint density at radius 1 is 1.24 bits per heavy atom. The molecule has 1 atom stereocenters. The maximum atomic E-state index is 5.52. The van der Waals surface area contributed by atoms with E-state index in [9.17, 15) is 0 Å². The van der Waals surface area contributed by atoms with Crippen molar-refractivity contribution in [2.24, 2.45) is 11.3 Å². The summed E-state index contributed by atoms with van der Waals surface area (Å²) in [4.78, 5) is 2.70. The molecule has 2 rings (SSSR count). The highest BCUT2D eigenvalue weighted by molar-refractivity contribution is 9.09. The molecule has 0 radical (unpaired) electrons. The third kappa shape index (κ3) is 3.93. The van der Waals surface area contributed by atoms with Gasteiger partial charge in [-0.2, -0.15) is 0 Å². The number of likely N-dealkylation sites (tertiary alicyclic amines) is 1. The molecule has 2 aliphatic heterocycles. The Labute approximate surface area is 114 Å². The minimum absolute atomic E-state index is 0.478. The molecule has 2 fully saturated rings. The average Bonchev–Trinajstić information content (AvgIpc) is 2.56. The van der Waals surface area contributed by atoms with Crippen molar-refractivity contribution in [3.05, 3.63) is 0 Å². The van der Waals surface area contributed by atoms with Gasteiger partial charge in [-0.25, -0.2) is 0 Å². The molecule has 1 unspecified atom stereocenters. The SMILES string of the molecule is CC1CCCN(CC2(CBr)CCOCC2)CC1. The lowest BCUT2D eigenvalue weighted by molar-refractivity contribution is 0.00854. The van der Waals surface area contributed by atoms with E-state index >= 15 is 0 Å². The van der Waals surface area contributed by atoms with Crippen molar-refractivity contribution in [2.45, 2.75) is 39.0 Å². The molecule has 0 N–H and O–H groups in total. The van der Waals surface area contributed by atoms with Crippen LogP contribution in [-0.4, -0.2) is 43.1 Å². The van der Waals surface area contributed by atoms with Crippen molar-refractivity contribution in [3.8, 4) is 0 Å². The summed E-state index contributed by atoms with van der Waals surface area (Å²) >= 11 is 3.74. The van der Waals surface area contributed by atoms with Gasteiger partial charge in [0.25, 0.3) is 0 Å². The van der Waals surface area contributed by atoms with E-state index in [4.69, 9.17) is 4.74 Å². The topological polar surface area (TPSA) is 12.5 Å². The maximum Gasteiger partial charge on any atom is 0.0472 e. The Kier molecular flexibility index (Phi) is 5.31. The number of halogens is 1. The molecule has 2 nitrogen and oxygen atoms in total. The lowest BCUT2D eigenvalue weighted by Crippen LogP contribution is -2.43. The van der Waals surface area contributed by atoms with Gasteiger partial charge in [-0.15, -0.1) is 0 Å². The van der Waals surface area contributed by atoms with E-state index in [-0.39, 0.29) is 0 Å². The number of rotatable bonds is 3. The quantitative estimate of drug-likeness (QED) is 0.742. The Balaban J connectivity index is 1.88. The van der Waals surface area contributed by atoms with Gasteiger partial charge in [0, 0.05) is 25.1 Å². The summed E-state index contributed by atoms with van der Waals surface area (Å²) in [6.07, 6.45) is 6.64. The summed E-state index contributed by atoms with van der Waals surface area (Å²) in [5, 5.41) is 1.13. The Morgan fingerprint density at radius 2 is 2.00 bits per heavy atom. The zero-order valence-corrected chi connectivity index (χ0v) is 12.7. The lowest BCUT2D eigenvalue weighted by Gasteiger charge is -2.39. The summed E-state index contributed by atoms with van der Waals surface area (Å²) in [6, 6.07) is 0. The molecular formula is C14H26BrNO. The first-order valence-electron chi connectivity index (χ1n) is 7.10. The van der Waals surface area contributed by atoms with Crippen molar-refractivity contribution in [1.29, 1.82) is 0 Å². The summed E-state index contributed by atoms with van der Waals surface area (Å²) < 4.78 is 5.52. The molecule has 17 heavy (non-hydrogen) atoms. The van der Waals surface area contributed by atoms with Gasteiger partial charge in [-0.3, -0.25) is 0 Å². The first kappa shape index (κ1) is 13.8. The van der Waals surface area contributed by atoms with Gasteiger partial charge < -0.3 is 9.64 Å². The van der Waals surface area contributed by atoms with Crippen molar-refractivity contribution < 1.29 is 4.74 Å². The molecule has 100 valence electrons. The van der Waals surface area contributed by atoms with E-state index in [2.05, 4.69) is 27.8 Å². The van der Waals surface area contributed by atoms with E-state index in [0.29, 0.717) is 5.41 Å². The normalized spacial score (nSPS) is 31.1. The van der Waals surface area contributed by atoms with Crippen LogP contribution in [0.3, 0.4) is 0 Å². The highest BCUT2D eigenvalue weighted by atomic mass is 79.9. The third-order valence-electron chi connectivity index (χ3n) is 4.51. The fourth-order valence-electron chi connectivity index (χ4n) is 3.09. The molecule has 0 aromatic carbocycles. The van der Waals surface area contributed by atoms with Crippen LogP contribution in [-0.2, 0) is 4.74 Å². The number of hydrogen-bond donors (Lipinski definition) is 0. The average molecular weight is 304 g/mol. The van der Waals surface area contributed by atoms with Crippen LogP contribution in [0.25, 0.3) is 0 Å². The summed E-state index contributed by atoms with van der Waals surface area (Å²) in [5.74, 6) is 0.926. The Bertz CT molecular complexity index is 228. The molecular weight excluding hydrogens is 278 g/mol. The molecule has 0 aromatic rings. The second-order valence-electron chi connectivity index (χ2n) is 6.06. The smallest absolute Gasteiger partial charge is 0.0472 e. The van der Waals surface area contributed by atoms with Crippen LogP contribution in [0.15, 0.2) is 0 Å². The van der Waals surface area contributed by atoms with Gasteiger partial charge in [-0.05, 0) is 56.5 Å². The largest absolute Gasteiger partial charge is 0.381 e. The minimum atomic E-state index is 0.478. The van der Waals surface area contributed by atoms with Crippen molar-refractivity contribution in [3.63, 3.8) is 0 Å². The van der Waals surface area contributed by atoms with E-state index in [1.165, 1.54) is 51.7 Å². The molecule has 0 spiro atoms. The van der Waals surface area contributed by atoms with Crippen molar-refractivity contribution in [1.82, 2.24) is 4.90 Å². The fraction of sp³-hybridized carbons (Fsp3) is 1.00. The van der Waals surface area contributed by atoms with Gasteiger partial charge in [0.05, 0.1) is 0 Å². The van der Waals surface area contributed by atoms with E-state index < -0.39 is 0 Å². The fourth-order valence-corrected chi connectivity index (χ4v) is 3.83. The monoisotopic (exact) mass is 303 g/mol. The second-order valence-corrected chi connectivity index (χ2v) is 6.62. The number of ether oxygens (including phenoxy) is 1. The van der Waals surface area contributed by atoms with Crippen LogP contribution < -0.4 is 0 Å². The molecule has 2 saturated heterocycles. The predicted molar refractivity (Wildman–Crippen MR) is 75.7 cm³/mol. The van der Waals surface area contributed by atoms with Crippen LogP contribution in [0.4, 0.5) is 0 Å². The number of alkyl halides is 1. The van der Waals surface area contributed by atoms with Gasteiger partial charge in [-0.1, -0.05) is 22.9 Å². The zero-order valence-electron chi connectivity index (χ0n) is 11.1. The van der Waals surface area contributed by atoms with Crippen molar-refractivity contribution >= 4 is 15.9 Å². The predicted octanol–water partition coefficient (Wildman–Crippen LogP) is 3.30. The van der Waals surface area contributed by atoms with Gasteiger partial charge in [0.15, 0.2) is 0 Å². The van der Waals surface area contributed by atoms with Crippen LogP contribution in [0.2, 0.25) is 0 Å². The van der Waals surface area contributed by atoms with Crippen LogP contribution in [0.1, 0.15) is 39.0 Å². The number of nitrogens with zero attached hydrogens (tertiary/aromatic N) is 1. The Hall–Kier alpha value is 0.400. The molecule has 0 saturated carbocycles. The Morgan fingerprint density at radius 3 is 2.71 bits per heavy atom. The summed E-state index contributed by atoms with van der Waals surface area (Å²) in [6.45, 7) is 8.19. The van der Waals surface area contributed by atoms with Crippen LogP contribution >= 0.6 is 15.9 Å². The molecule has 0 aromatic heterocycles.